The second-order valence-corrected chi connectivity index (χ2v) is 7.75. The number of aryl methyl sites for hydroxylation is 1. The van der Waals surface area contributed by atoms with Gasteiger partial charge < -0.3 is 14.2 Å². The Morgan fingerprint density at radius 1 is 1.35 bits per heavy atom. The number of hydrogen-bond donors (Lipinski definition) is 0. The molecule has 0 radical (unpaired) electrons. The van der Waals surface area contributed by atoms with Crippen molar-refractivity contribution < 1.29 is 9.53 Å². The highest BCUT2D eigenvalue weighted by Crippen LogP contribution is 2.39. The lowest BCUT2D eigenvalue weighted by Crippen LogP contribution is -2.54. The van der Waals surface area contributed by atoms with Crippen LogP contribution in [0.15, 0.2) is 12.3 Å². The number of nitriles is 1. The molecule has 6 heteroatoms. The fourth-order valence-corrected chi connectivity index (χ4v) is 4.55. The monoisotopic (exact) mass is 358 g/mol. The maximum Gasteiger partial charge on any atom is 0.222 e. The van der Waals surface area contributed by atoms with Crippen LogP contribution in [0, 0.1) is 16.7 Å². The summed E-state index contributed by atoms with van der Waals surface area (Å²) >= 11 is 0. The second-order valence-electron chi connectivity index (χ2n) is 7.75. The van der Waals surface area contributed by atoms with Gasteiger partial charge in [0.1, 0.15) is 11.8 Å². The molecule has 1 aromatic rings. The van der Waals surface area contributed by atoms with Crippen molar-refractivity contribution in [3.8, 4) is 6.07 Å². The third-order valence-electron chi connectivity index (χ3n) is 5.87. The maximum atomic E-state index is 12.2. The first-order valence-electron chi connectivity index (χ1n) is 9.67. The minimum absolute atomic E-state index is 0.214. The molecule has 0 N–H and O–H groups in total. The summed E-state index contributed by atoms with van der Waals surface area (Å²) in [6.07, 6.45) is 6.12. The van der Waals surface area contributed by atoms with Gasteiger partial charge >= 0.3 is 0 Å². The first-order chi connectivity index (χ1) is 12.6. The lowest BCUT2D eigenvalue weighted by atomic mass is 9.73. The third-order valence-corrected chi connectivity index (χ3v) is 5.87. The van der Waals surface area contributed by atoms with E-state index in [1.807, 2.05) is 15.5 Å². The normalized spacial score (nSPS) is 24.2. The molecule has 0 saturated carbocycles. The molecule has 1 atom stereocenters. The summed E-state index contributed by atoms with van der Waals surface area (Å²) in [5.41, 5.74) is 2.16. The number of carbonyl (C=O) groups excluding carboxylic acids is 1. The first kappa shape index (κ1) is 18.9. The lowest BCUT2D eigenvalue weighted by Gasteiger charge is -2.48. The van der Waals surface area contributed by atoms with E-state index in [0.29, 0.717) is 19.6 Å². The predicted octanol–water partition coefficient (Wildman–Crippen LogP) is 2.23. The Morgan fingerprint density at radius 2 is 2.19 bits per heavy atom. The Balaban J connectivity index is 1.66. The van der Waals surface area contributed by atoms with Crippen molar-refractivity contribution in [2.24, 2.45) is 5.41 Å². The van der Waals surface area contributed by atoms with Crippen molar-refractivity contribution in [3.63, 3.8) is 0 Å². The van der Waals surface area contributed by atoms with Gasteiger partial charge in [-0.2, -0.15) is 5.26 Å². The minimum atomic E-state index is 0.214. The van der Waals surface area contributed by atoms with Crippen LogP contribution in [-0.2, 0) is 22.6 Å². The zero-order valence-corrected chi connectivity index (χ0v) is 16.0. The minimum Gasteiger partial charge on any atom is -0.383 e. The summed E-state index contributed by atoms with van der Waals surface area (Å²) in [5, 5.41) is 9.26. The van der Waals surface area contributed by atoms with Gasteiger partial charge in [-0.15, -0.1) is 0 Å². The zero-order valence-electron chi connectivity index (χ0n) is 16.0. The smallest absolute Gasteiger partial charge is 0.222 e. The molecule has 3 heterocycles. The van der Waals surface area contributed by atoms with Gasteiger partial charge in [-0.05, 0) is 44.4 Å². The zero-order chi connectivity index (χ0) is 18.6. The van der Waals surface area contributed by atoms with Gasteiger partial charge in [0.15, 0.2) is 0 Å². The quantitative estimate of drug-likeness (QED) is 0.782. The van der Waals surface area contributed by atoms with E-state index in [4.69, 9.17) is 4.74 Å². The first-order valence-corrected chi connectivity index (χ1v) is 9.67. The second kappa shape index (κ2) is 8.24. The Labute approximate surface area is 156 Å². The maximum absolute atomic E-state index is 12.2. The van der Waals surface area contributed by atoms with Crippen molar-refractivity contribution >= 4 is 5.91 Å². The van der Waals surface area contributed by atoms with E-state index in [-0.39, 0.29) is 11.3 Å². The average Bonchev–Trinajstić information content (AvgIpc) is 3.05. The fourth-order valence-electron chi connectivity index (χ4n) is 4.55. The molecule has 1 unspecified atom stereocenters. The molecule has 2 aliphatic heterocycles. The van der Waals surface area contributed by atoms with Crippen molar-refractivity contribution in [3.05, 3.63) is 23.5 Å². The van der Waals surface area contributed by atoms with Crippen molar-refractivity contribution in [1.82, 2.24) is 14.4 Å². The van der Waals surface area contributed by atoms with Gasteiger partial charge in [0.05, 0.1) is 6.61 Å². The van der Waals surface area contributed by atoms with Gasteiger partial charge in [0, 0.05) is 57.9 Å². The van der Waals surface area contributed by atoms with Crippen LogP contribution in [0.4, 0.5) is 0 Å². The Hall–Kier alpha value is -1.84. The average molecular weight is 358 g/mol. The molecule has 0 aliphatic carbocycles. The van der Waals surface area contributed by atoms with E-state index in [2.05, 4.69) is 24.1 Å². The summed E-state index contributed by atoms with van der Waals surface area (Å²) in [4.78, 5) is 16.7. The van der Waals surface area contributed by atoms with Crippen LogP contribution in [0.1, 0.15) is 43.9 Å². The molecule has 2 fully saturated rings. The summed E-state index contributed by atoms with van der Waals surface area (Å²) in [6, 6.07) is 4.29. The van der Waals surface area contributed by atoms with Gasteiger partial charge in [-0.25, -0.2) is 0 Å². The van der Waals surface area contributed by atoms with Crippen molar-refractivity contribution in [2.45, 2.75) is 45.7 Å². The number of carbonyl (C=O) groups is 1. The summed E-state index contributed by atoms with van der Waals surface area (Å²) in [6.45, 7) is 8.04. The third kappa shape index (κ3) is 4.11. The molecule has 1 aromatic heterocycles. The Morgan fingerprint density at radius 3 is 2.88 bits per heavy atom. The molecular formula is C20H30N4O2. The number of piperidine rings is 2. The number of methoxy groups -OCH3 is 1. The molecule has 0 bridgehead atoms. The van der Waals surface area contributed by atoms with Crippen LogP contribution in [-0.4, -0.2) is 60.2 Å². The number of ether oxygens (including phenoxy) is 1. The SMILES string of the molecule is CCn1cc(CN2CCCC3(CCC(=O)N(CCOC)C3)C2)cc1C#N. The molecule has 26 heavy (non-hydrogen) atoms. The van der Waals surface area contributed by atoms with Crippen molar-refractivity contribution in [2.75, 3.05) is 39.9 Å². The highest BCUT2D eigenvalue weighted by molar-refractivity contribution is 5.77. The molecular weight excluding hydrogens is 328 g/mol. The van der Waals surface area contributed by atoms with E-state index in [9.17, 15) is 10.1 Å². The summed E-state index contributed by atoms with van der Waals surface area (Å²) < 4.78 is 7.19. The fraction of sp³-hybridized carbons (Fsp3) is 0.700. The van der Waals surface area contributed by atoms with Crippen LogP contribution in [0.2, 0.25) is 0 Å². The molecule has 142 valence electrons. The largest absolute Gasteiger partial charge is 0.383 e. The molecule has 1 amide bonds. The van der Waals surface area contributed by atoms with E-state index in [0.717, 1.165) is 44.8 Å². The number of aromatic nitrogens is 1. The number of rotatable bonds is 6. The number of amides is 1. The lowest BCUT2D eigenvalue weighted by molar-refractivity contribution is -0.140. The molecule has 3 rings (SSSR count). The van der Waals surface area contributed by atoms with Crippen LogP contribution in [0.5, 0.6) is 0 Å². The molecule has 1 spiro atoms. The van der Waals surface area contributed by atoms with Crippen molar-refractivity contribution in [1.29, 1.82) is 5.26 Å². The highest BCUT2D eigenvalue weighted by atomic mass is 16.5. The highest BCUT2D eigenvalue weighted by Gasteiger charge is 2.41. The predicted molar refractivity (Wildman–Crippen MR) is 99.5 cm³/mol. The van der Waals surface area contributed by atoms with Crippen LogP contribution < -0.4 is 0 Å². The van der Waals surface area contributed by atoms with Gasteiger partial charge in [0.25, 0.3) is 0 Å². The van der Waals surface area contributed by atoms with Gasteiger partial charge in [0.2, 0.25) is 5.91 Å². The van der Waals surface area contributed by atoms with Crippen LogP contribution >= 0.6 is 0 Å². The number of hydrogen-bond acceptors (Lipinski definition) is 4. The van der Waals surface area contributed by atoms with E-state index < -0.39 is 0 Å². The summed E-state index contributed by atoms with van der Waals surface area (Å²) in [5.74, 6) is 0.267. The van der Waals surface area contributed by atoms with Crippen LogP contribution in [0.25, 0.3) is 0 Å². The Kier molecular flexibility index (Phi) is 6.00. The van der Waals surface area contributed by atoms with Gasteiger partial charge in [-0.3, -0.25) is 9.69 Å². The van der Waals surface area contributed by atoms with E-state index in [1.165, 1.54) is 18.4 Å². The Bertz CT molecular complexity index is 678. The van der Waals surface area contributed by atoms with E-state index in [1.54, 1.807) is 7.11 Å². The molecule has 2 aliphatic rings. The summed E-state index contributed by atoms with van der Waals surface area (Å²) in [7, 11) is 1.68. The molecule has 2 saturated heterocycles. The number of nitrogens with zero attached hydrogens (tertiary/aromatic N) is 4. The topological polar surface area (TPSA) is 61.5 Å². The van der Waals surface area contributed by atoms with Crippen LogP contribution in [0.3, 0.4) is 0 Å². The molecule has 6 nitrogen and oxygen atoms in total. The van der Waals surface area contributed by atoms with E-state index >= 15 is 0 Å². The molecule has 0 aromatic carbocycles. The van der Waals surface area contributed by atoms with Gasteiger partial charge in [-0.1, -0.05) is 0 Å². The standard InChI is InChI=1S/C20H30N4O2/c1-3-23-14-17(11-18(23)12-21)13-22-8-4-6-20(15-22)7-5-19(25)24(16-20)9-10-26-2/h11,14H,3-10,13,15-16H2,1-2H3. The number of likely N-dealkylation sites (tertiary alicyclic amines) is 2.